The average Bonchev–Trinajstić information content (AvgIpc) is 2.44. The molecule has 0 aliphatic heterocycles. The Bertz CT molecular complexity index is 356. The van der Waals surface area contributed by atoms with E-state index in [0.29, 0.717) is 32.2 Å². The minimum Gasteiger partial charge on any atom is -0.497 e. The molecule has 0 fully saturated rings. The molecule has 19 heavy (non-hydrogen) atoms. The smallest absolute Gasteiger partial charge is 0.134 e. The van der Waals surface area contributed by atoms with Crippen molar-refractivity contribution in [3.8, 4) is 5.75 Å². The van der Waals surface area contributed by atoms with Crippen LogP contribution in [0, 0.1) is 0 Å². The summed E-state index contributed by atoms with van der Waals surface area (Å²) in [6.45, 7) is 0.640. The van der Waals surface area contributed by atoms with Crippen LogP contribution < -0.4 is 10.5 Å². The predicted octanol–water partition coefficient (Wildman–Crippen LogP) is 2.72. The third-order valence-electron chi connectivity index (χ3n) is 3.25. The molecular weight excluding hydrogens is 245 g/mol. The lowest BCUT2D eigenvalue weighted by molar-refractivity contribution is 0.0269. The van der Waals surface area contributed by atoms with Crippen LogP contribution in [0.3, 0.4) is 0 Å². The molecule has 0 heterocycles. The summed E-state index contributed by atoms with van der Waals surface area (Å²) in [5.74, 6) is 0.815. The third kappa shape index (κ3) is 5.57. The van der Waals surface area contributed by atoms with Gasteiger partial charge in [0.15, 0.2) is 0 Å². The van der Waals surface area contributed by atoms with Crippen LogP contribution in [0.1, 0.15) is 24.8 Å². The Hall–Kier alpha value is -1.13. The molecule has 1 atom stereocenters. The van der Waals surface area contributed by atoms with Crippen LogP contribution >= 0.6 is 0 Å². The van der Waals surface area contributed by atoms with Crippen molar-refractivity contribution < 1.29 is 13.9 Å². The quantitative estimate of drug-likeness (QED) is 0.749. The summed E-state index contributed by atoms with van der Waals surface area (Å²) < 4.78 is 24.7. The number of alkyl halides is 1. The summed E-state index contributed by atoms with van der Waals surface area (Å²) in [5.41, 5.74) is 5.27. The van der Waals surface area contributed by atoms with Crippen LogP contribution in [0.4, 0.5) is 4.39 Å². The molecule has 0 aliphatic carbocycles. The molecule has 1 aromatic carbocycles. The molecule has 0 amide bonds. The van der Waals surface area contributed by atoms with E-state index in [0.717, 1.165) is 11.3 Å². The number of hydrogen-bond acceptors (Lipinski definition) is 3. The maximum atomic E-state index is 14.6. The highest BCUT2D eigenvalue weighted by Gasteiger charge is 2.28. The fourth-order valence-electron chi connectivity index (χ4n) is 2.11. The van der Waals surface area contributed by atoms with Crippen LogP contribution in [0.2, 0.25) is 0 Å². The van der Waals surface area contributed by atoms with E-state index < -0.39 is 5.67 Å². The second-order valence-electron chi connectivity index (χ2n) is 4.82. The van der Waals surface area contributed by atoms with Crippen molar-refractivity contribution in [1.29, 1.82) is 0 Å². The standard InChI is InChI=1S/C15H24FNO2/c1-18-12-15(16,9-3-11-17)10-8-13-4-6-14(19-2)7-5-13/h4-7H,3,8-12,17H2,1-2H3. The third-order valence-corrected chi connectivity index (χ3v) is 3.25. The Morgan fingerprint density at radius 2 is 1.84 bits per heavy atom. The topological polar surface area (TPSA) is 44.5 Å². The van der Waals surface area contributed by atoms with E-state index in [9.17, 15) is 4.39 Å². The highest BCUT2D eigenvalue weighted by atomic mass is 19.1. The van der Waals surface area contributed by atoms with Crippen molar-refractivity contribution in [2.24, 2.45) is 5.73 Å². The van der Waals surface area contributed by atoms with Gasteiger partial charge in [0.05, 0.1) is 13.7 Å². The number of benzene rings is 1. The maximum absolute atomic E-state index is 14.6. The molecule has 0 radical (unpaired) electrons. The second-order valence-corrected chi connectivity index (χ2v) is 4.82. The Kier molecular flexibility index (Phi) is 6.81. The molecule has 0 saturated heterocycles. The summed E-state index contributed by atoms with van der Waals surface area (Å²) in [6.07, 6.45) is 2.28. The molecule has 0 saturated carbocycles. The van der Waals surface area contributed by atoms with E-state index in [1.807, 2.05) is 24.3 Å². The van der Waals surface area contributed by atoms with Gasteiger partial charge in [-0.05, 0) is 49.9 Å². The summed E-state index contributed by atoms with van der Waals surface area (Å²) in [5, 5.41) is 0. The first-order valence-corrected chi connectivity index (χ1v) is 6.64. The fraction of sp³-hybridized carbons (Fsp3) is 0.600. The number of halogens is 1. The first-order valence-electron chi connectivity index (χ1n) is 6.64. The van der Waals surface area contributed by atoms with E-state index in [-0.39, 0.29) is 6.61 Å². The molecule has 3 nitrogen and oxygen atoms in total. The van der Waals surface area contributed by atoms with Crippen molar-refractivity contribution in [1.82, 2.24) is 0 Å². The molecule has 4 heteroatoms. The van der Waals surface area contributed by atoms with Gasteiger partial charge in [-0.3, -0.25) is 0 Å². The minimum atomic E-state index is -1.28. The van der Waals surface area contributed by atoms with Crippen molar-refractivity contribution in [2.75, 3.05) is 27.4 Å². The van der Waals surface area contributed by atoms with Gasteiger partial charge >= 0.3 is 0 Å². The summed E-state index contributed by atoms with van der Waals surface area (Å²) in [6, 6.07) is 7.72. The molecule has 0 bridgehead atoms. The van der Waals surface area contributed by atoms with Gasteiger partial charge in [-0.1, -0.05) is 12.1 Å². The number of rotatable bonds is 9. The largest absolute Gasteiger partial charge is 0.497 e. The number of nitrogens with two attached hydrogens (primary N) is 1. The summed E-state index contributed by atoms with van der Waals surface area (Å²) in [4.78, 5) is 0. The normalized spacial score (nSPS) is 14.1. The summed E-state index contributed by atoms with van der Waals surface area (Å²) >= 11 is 0. The Labute approximate surface area is 114 Å². The SMILES string of the molecule is COCC(F)(CCCN)CCc1ccc(OC)cc1. The van der Waals surface area contributed by atoms with E-state index in [4.69, 9.17) is 15.2 Å². The van der Waals surface area contributed by atoms with Crippen LogP contribution in [0.25, 0.3) is 0 Å². The summed E-state index contributed by atoms with van der Waals surface area (Å²) in [7, 11) is 3.16. The van der Waals surface area contributed by atoms with Gasteiger partial charge in [0.25, 0.3) is 0 Å². The van der Waals surface area contributed by atoms with Gasteiger partial charge in [0.1, 0.15) is 11.4 Å². The second kappa shape index (κ2) is 8.12. The van der Waals surface area contributed by atoms with Gasteiger partial charge < -0.3 is 15.2 Å². The first kappa shape index (κ1) is 15.9. The number of ether oxygens (including phenoxy) is 2. The maximum Gasteiger partial charge on any atom is 0.134 e. The molecular formula is C15H24FNO2. The van der Waals surface area contributed by atoms with E-state index in [2.05, 4.69) is 0 Å². The lowest BCUT2D eigenvalue weighted by Crippen LogP contribution is -2.30. The molecule has 0 spiro atoms. The minimum absolute atomic E-state index is 0.128. The van der Waals surface area contributed by atoms with Gasteiger partial charge in [-0.15, -0.1) is 0 Å². The number of aryl methyl sites for hydroxylation is 1. The van der Waals surface area contributed by atoms with E-state index in [1.54, 1.807) is 7.11 Å². The predicted molar refractivity (Wildman–Crippen MR) is 75.3 cm³/mol. The highest BCUT2D eigenvalue weighted by molar-refractivity contribution is 5.27. The van der Waals surface area contributed by atoms with Crippen molar-refractivity contribution in [2.45, 2.75) is 31.4 Å². The lowest BCUT2D eigenvalue weighted by atomic mass is 9.92. The van der Waals surface area contributed by atoms with Crippen LogP contribution in [0.15, 0.2) is 24.3 Å². The fourth-order valence-corrected chi connectivity index (χ4v) is 2.11. The molecule has 0 aliphatic rings. The zero-order valence-corrected chi connectivity index (χ0v) is 11.8. The zero-order valence-electron chi connectivity index (χ0n) is 11.8. The van der Waals surface area contributed by atoms with Crippen LogP contribution in [0.5, 0.6) is 5.75 Å². The molecule has 1 aromatic rings. The van der Waals surface area contributed by atoms with E-state index in [1.165, 1.54) is 7.11 Å². The monoisotopic (exact) mass is 269 g/mol. The number of hydrogen-bond donors (Lipinski definition) is 1. The molecule has 1 unspecified atom stereocenters. The lowest BCUT2D eigenvalue weighted by Gasteiger charge is -2.24. The highest BCUT2D eigenvalue weighted by Crippen LogP contribution is 2.25. The average molecular weight is 269 g/mol. The first-order chi connectivity index (χ1) is 9.13. The molecule has 0 aromatic heterocycles. The Morgan fingerprint density at radius 3 is 2.37 bits per heavy atom. The zero-order chi connectivity index (χ0) is 14.1. The van der Waals surface area contributed by atoms with Crippen LogP contribution in [-0.2, 0) is 11.2 Å². The van der Waals surface area contributed by atoms with Gasteiger partial charge in [-0.25, -0.2) is 4.39 Å². The van der Waals surface area contributed by atoms with Crippen LogP contribution in [-0.4, -0.2) is 33.0 Å². The van der Waals surface area contributed by atoms with Crippen molar-refractivity contribution in [3.63, 3.8) is 0 Å². The van der Waals surface area contributed by atoms with Gasteiger partial charge in [-0.2, -0.15) is 0 Å². The van der Waals surface area contributed by atoms with Crippen molar-refractivity contribution in [3.05, 3.63) is 29.8 Å². The molecule has 1 rings (SSSR count). The molecule has 2 N–H and O–H groups in total. The Morgan fingerprint density at radius 1 is 1.16 bits per heavy atom. The van der Waals surface area contributed by atoms with Crippen molar-refractivity contribution >= 4 is 0 Å². The van der Waals surface area contributed by atoms with Gasteiger partial charge in [0, 0.05) is 7.11 Å². The molecule has 108 valence electrons. The Balaban J connectivity index is 2.54. The number of methoxy groups -OCH3 is 2. The van der Waals surface area contributed by atoms with Gasteiger partial charge in [0.2, 0.25) is 0 Å². The van der Waals surface area contributed by atoms with E-state index >= 15 is 0 Å².